The first-order chi connectivity index (χ1) is 15.7. The zero-order valence-corrected chi connectivity index (χ0v) is 20.2. The molecule has 0 unspecified atom stereocenters. The molecule has 1 aromatic heterocycles. The second kappa shape index (κ2) is 11.1. The van der Waals surface area contributed by atoms with Crippen molar-refractivity contribution in [2.75, 3.05) is 19.8 Å². The Morgan fingerprint density at radius 2 is 1.94 bits per heavy atom. The van der Waals surface area contributed by atoms with E-state index in [4.69, 9.17) is 9.47 Å². The molecular weight excluding hydrogens is 442 g/mol. The minimum absolute atomic E-state index is 0.0927. The number of thiol groups is 1. The number of carbonyl (C=O) groups is 3. The highest BCUT2D eigenvalue weighted by atomic mass is 32.1. The van der Waals surface area contributed by atoms with E-state index in [9.17, 15) is 14.4 Å². The highest BCUT2D eigenvalue weighted by molar-refractivity contribution is 7.81. The summed E-state index contributed by atoms with van der Waals surface area (Å²) in [5, 5.41) is 6.01. The Bertz CT molecular complexity index is 983. The van der Waals surface area contributed by atoms with Gasteiger partial charge < -0.3 is 25.1 Å². The molecule has 0 radical (unpaired) electrons. The molecule has 33 heavy (non-hydrogen) atoms. The fourth-order valence-electron chi connectivity index (χ4n) is 3.98. The highest BCUT2D eigenvalue weighted by Gasteiger charge is 2.36. The van der Waals surface area contributed by atoms with Gasteiger partial charge in [-0.1, -0.05) is 18.2 Å². The van der Waals surface area contributed by atoms with E-state index in [1.807, 2.05) is 30.5 Å². The lowest BCUT2D eigenvalue weighted by atomic mass is 9.94. The molecule has 0 aliphatic carbocycles. The van der Waals surface area contributed by atoms with Crippen LogP contribution in [0, 0.1) is 5.92 Å². The summed E-state index contributed by atoms with van der Waals surface area (Å²) in [5.41, 5.74) is 0.594. The first-order valence-electron chi connectivity index (χ1n) is 11.3. The van der Waals surface area contributed by atoms with Gasteiger partial charge in [0.25, 0.3) is 0 Å². The molecule has 0 saturated carbocycles. The number of ether oxygens (including phenoxy) is 2. The van der Waals surface area contributed by atoms with Crippen LogP contribution in [0.3, 0.4) is 0 Å². The van der Waals surface area contributed by atoms with Crippen molar-refractivity contribution in [3.8, 4) is 0 Å². The van der Waals surface area contributed by atoms with Crippen LogP contribution >= 0.6 is 12.6 Å². The summed E-state index contributed by atoms with van der Waals surface area (Å²) in [6, 6.07) is 6.85. The van der Waals surface area contributed by atoms with Gasteiger partial charge in [0.1, 0.15) is 11.6 Å². The highest BCUT2D eigenvalue weighted by Crippen LogP contribution is 2.24. The molecule has 180 valence electrons. The first kappa shape index (κ1) is 25.1. The third-order valence-corrected chi connectivity index (χ3v) is 6.62. The van der Waals surface area contributed by atoms with E-state index in [-0.39, 0.29) is 24.9 Å². The number of nitrogens with one attached hydrogen (secondary N) is 3. The van der Waals surface area contributed by atoms with Gasteiger partial charge in [-0.15, -0.1) is 0 Å². The number of benzene rings is 1. The molecule has 2 atom stereocenters. The van der Waals surface area contributed by atoms with Crippen molar-refractivity contribution >= 4 is 41.3 Å². The van der Waals surface area contributed by atoms with Crippen LogP contribution in [0.25, 0.3) is 10.9 Å². The van der Waals surface area contributed by atoms with E-state index in [2.05, 4.69) is 28.2 Å². The smallest absolute Gasteiger partial charge is 0.328 e. The van der Waals surface area contributed by atoms with Gasteiger partial charge in [0.15, 0.2) is 0 Å². The lowest BCUT2D eigenvalue weighted by molar-refractivity contribution is -0.148. The number of hydrogen-bond acceptors (Lipinski definition) is 6. The molecule has 1 aliphatic rings. The summed E-state index contributed by atoms with van der Waals surface area (Å²) in [6.07, 6.45) is 3.60. The number of para-hydroxylation sites is 1. The molecule has 0 bridgehead atoms. The van der Waals surface area contributed by atoms with Crippen LogP contribution in [0.4, 0.5) is 0 Å². The van der Waals surface area contributed by atoms with Crippen molar-refractivity contribution in [3.05, 3.63) is 36.0 Å². The summed E-state index contributed by atoms with van der Waals surface area (Å²) in [6.45, 7) is 6.35. The lowest BCUT2D eigenvalue weighted by Crippen LogP contribution is -2.60. The quantitative estimate of drug-likeness (QED) is 0.329. The first-order valence-corrected chi connectivity index (χ1v) is 11.8. The van der Waals surface area contributed by atoms with E-state index in [1.165, 1.54) is 0 Å². The number of H-pyrrole nitrogens is 1. The number of hydrogen-bond donors (Lipinski definition) is 4. The Morgan fingerprint density at radius 1 is 1.24 bits per heavy atom. The maximum absolute atomic E-state index is 13.1. The number of amides is 2. The number of esters is 1. The maximum atomic E-state index is 13.1. The van der Waals surface area contributed by atoms with E-state index in [0.717, 1.165) is 29.3 Å². The summed E-state index contributed by atoms with van der Waals surface area (Å²) in [7, 11) is 0. The molecular formula is C24H33N3O5S. The fraction of sp³-hybridized carbons (Fsp3) is 0.542. The molecule has 9 heteroatoms. The second-order valence-corrected chi connectivity index (χ2v) is 9.41. The standard InChI is InChI=1S/C24H33N3O5S/c1-4-32-22(29)19(13-16-14-25-18-8-6-5-7-17(16)18)26-23(30)24(2,3)27-21(28)20(33)15-9-11-31-12-10-15/h5-8,14-15,19-20,25,33H,4,9-13H2,1-3H3,(H,26,30)(H,27,28)/t19-,20-/m0/s1. The molecule has 1 aliphatic heterocycles. The topological polar surface area (TPSA) is 110 Å². The Hall–Kier alpha value is -2.52. The van der Waals surface area contributed by atoms with E-state index in [1.54, 1.807) is 20.8 Å². The van der Waals surface area contributed by atoms with Crippen molar-refractivity contribution in [1.29, 1.82) is 0 Å². The Morgan fingerprint density at radius 3 is 2.64 bits per heavy atom. The average Bonchev–Trinajstić information content (AvgIpc) is 3.21. The van der Waals surface area contributed by atoms with Crippen LogP contribution in [0.15, 0.2) is 30.5 Å². The van der Waals surface area contributed by atoms with Crippen LogP contribution in [-0.2, 0) is 30.3 Å². The summed E-state index contributed by atoms with van der Waals surface area (Å²) >= 11 is 4.49. The van der Waals surface area contributed by atoms with Crippen molar-refractivity contribution in [3.63, 3.8) is 0 Å². The zero-order valence-electron chi connectivity index (χ0n) is 19.3. The van der Waals surface area contributed by atoms with Crippen LogP contribution in [0.1, 0.15) is 39.2 Å². The number of fused-ring (bicyclic) bond motifs is 1. The monoisotopic (exact) mass is 475 g/mol. The number of aromatic amines is 1. The van der Waals surface area contributed by atoms with Crippen LogP contribution in [0.5, 0.6) is 0 Å². The molecule has 1 fully saturated rings. The van der Waals surface area contributed by atoms with Gasteiger partial charge in [-0.05, 0) is 51.2 Å². The predicted molar refractivity (Wildman–Crippen MR) is 129 cm³/mol. The number of aromatic nitrogens is 1. The minimum Gasteiger partial charge on any atom is -0.464 e. The van der Waals surface area contributed by atoms with Crippen molar-refractivity contribution in [2.45, 2.75) is 56.9 Å². The Balaban J connectivity index is 1.69. The average molecular weight is 476 g/mol. The number of rotatable bonds is 9. The minimum atomic E-state index is -1.24. The van der Waals surface area contributed by atoms with Crippen LogP contribution in [0.2, 0.25) is 0 Å². The van der Waals surface area contributed by atoms with Gasteiger partial charge in [-0.3, -0.25) is 9.59 Å². The molecule has 8 nitrogen and oxygen atoms in total. The van der Waals surface area contributed by atoms with Gasteiger partial charge in [0.05, 0.1) is 11.9 Å². The van der Waals surface area contributed by atoms with Crippen molar-refractivity contribution < 1.29 is 23.9 Å². The van der Waals surface area contributed by atoms with Gasteiger partial charge >= 0.3 is 5.97 Å². The Kier molecular flexibility index (Phi) is 8.42. The van der Waals surface area contributed by atoms with Crippen LogP contribution < -0.4 is 10.6 Å². The van der Waals surface area contributed by atoms with E-state index >= 15 is 0 Å². The SMILES string of the molecule is CCOC(=O)[C@H](Cc1c[nH]c2ccccc12)NC(=O)C(C)(C)NC(=O)[C@@H](S)C1CCOCC1. The molecule has 2 amide bonds. The normalized spacial score (nSPS) is 16.7. The molecule has 3 N–H and O–H groups in total. The summed E-state index contributed by atoms with van der Waals surface area (Å²) in [5.74, 6) is -1.21. The molecule has 1 aromatic carbocycles. The van der Waals surface area contributed by atoms with Gasteiger partial charge in [0.2, 0.25) is 11.8 Å². The third-order valence-electron chi connectivity index (χ3n) is 5.96. The lowest BCUT2D eigenvalue weighted by Gasteiger charge is -2.31. The van der Waals surface area contributed by atoms with Crippen LogP contribution in [-0.4, -0.2) is 59.4 Å². The molecule has 3 rings (SSSR count). The van der Waals surface area contributed by atoms with Gasteiger partial charge in [-0.25, -0.2) is 4.79 Å². The van der Waals surface area contributed by atoms with E-state index < -0.39 is 28.7 Å². The van der Waals surface area contributed by atoms with Crippen molar-refractivity contribution in [2.24, 2.45) is 5.92 Å². The van der Waals surface area contributed by atoms with E-state index in [0.29, 0.717) is 13.2 Å². The number of carbonyl (C=O) groups excluding carboxylic acids is 3. The third kappa shape index (κ3) is 6.29. The van der Waals surface area contributed by atoms with Gasteiger partial charge in [0, 0.05) is 36.7 Å². The zero-order chi connectivity index (χ0) is 24.0. The van der Waals surface area contributed by atoms with Gasteiger partial charge in [-0.2, -0.15) is 12.6 Å². The largest absolute Gasteiger partial charge is 0.464 e. The summed E-state index contributed by atoms with van der Waals surface area (Å²) < 4.78 is 10.6. The Labute approximate surface area is 199 Å². The molecule has 0 spiro atoms. The van der Waals surface area contributed by atoms with Crippen molar-refractivity contribution in [1.82, 2.24) is 15.6 Å². The fourth-order valence-corrected chi connectivity index (χ4v) is 4.34. The predicted octanol–water partition coefficient (Wildman–Crippen LogP) is 2.38. The maximum Gasteiger partial charge on any atom is 0.328 e. The molecule has 1 saturated heterocycles. The molecule has 2 heterocycles. The second-order valence-electron chi connectivity index (χ2n) is 8.85. The molecule has 2 aromatic rings. The summed E-state index contributed by atoms with van der Waals surface area (Å²) in [4.78, 5) is 41.7.